The van der Waals surface area contributed by atoms with Crippen LogP contribution in [0.25, 0.3) is 32.0 Å². The standard InChI is InChI=1S/C21H17N3OS2/c1-14-6-8-15(9-7-14)19-23-20-18(21(25)24(19)11-3-2-10-22)16(13-27-20)17-5-4-12-26-17/h4-9,12-13H,2-3,11H2,1H3. The summed E-state index contributed by atoms with van der Waals surface area (Å²) in [7, 11) is 0. The number of aryl methyl sites for hydroxylation is 1. The van der Waals surface area contributed by atoms with Crippen molar-refractivity contribution in [2.45, 2.75) is 26.3 Å². The Hall–Kier alpha value is -2.75. The number of unbranched alkanes of at least 4 members (excludes halogenated alkanes) is 1. The fourth-order valence-electron chi connectivity index (χ4n) is 3.08. The Bertz CT molecular complexity index is 1180. The van der Waals surface area contributed by atoms with Gasteiger partial charge in [0, 0.05) is 34.3 Å². The lowest BCUT2D eigenvalue weighted by Crippen LogP contribution is -2.23. The highest BCUT2D eigenvalue weighted by Gasteiger charge is 2.18. The molecule has 0 aliphatic heterocycles. The third-order valence-corrected chi connectivity index (χ3v) is 6.24. The summed E-state index contributed by atoms with van der Waals surface area (Å²) in [6.07, 6.45) is 1.04. The van der Waals surface area contributed by atoms with E-state index in [0.717, 1.165) is 26.4 Å². The average Bonchev–Trinajstić information content (AvgIpc) is 3.33. The SMILES string of the molecule is Cc1ccc(-c2nc3scc(-c4cccs4)c3c(=O)n2CCCC#N)cc1. The minimum atomic E-state index is -0.0295. The molecule has 0 spiro atoms. The number of rotatable bonds is 5. The molecule has 4 aromatic rings. The zero-order valence-electron chi connectivity index (χ0n) is 14.8. The van der Waals surface area contributed by atoms with Crippen LogP contribution in [0.15, 0.2) is 52.0 Å². The zero-order valence-corrected chi connectivity index (χ0v) is 16.4. The van der Waals surface area contributed by atoms with Crippen molar-refractivity contribution in [1.29, 1.82) is 5.26 Å². The molecule has 0 aliphatic carbocycles. The molecule has 0 saturated carbocycles. The lowest BCUT2D eigenvalue weighted by atomic mass is 10.1. The molecule has 1 aromatic carbocycles. The number of hydrogen-bond donors (Lipinski definition) is 0. The molecule has 4 nitrogen and oxygen atoms in total. The summed E-state index contributed by atoms with van der Waals surface area (Å²) in [6.45, 7) is 2.52. The van der Waals surface area contributed by atoms with E-state index >= 15 is 0 Å². The van der Waals surface area contributed by atoms with Crippen molar-refractivity contribution in [2.75, 3.05) is 0 Å². The summed E-state index contributed by atoms with van der Waals surface area (Å²) in [5.74, 6) is 0.671. The Morgan fingerprint density at radius 1 is 1.19 bits per heavy atom. The van der Waals surface area contributed by atoms with Gasteiger partial charge in [-0.1, -0.05) is 35.9 Å². The topological polar surface area (TPSA) is 58.7 Å². The van der Waals surface area contributed by atoms with Crippen molar-refractivity contribution in [3.63, 3.8) is 0 Å². The van der Waals surface area contributed by atoms with E-state index in [1.54, 1.807) is 15.9 Å². The van der Waals surface area contributed by atoms with Crippen molar-refractivity contribution in [3.05, 3.63) is 63.1 Å². The largest absolute Gasteiger partial charge is 0.292 e. The Morgan fingerprint density at radius 3 is 2.70 bits per heavy atom. The molecule has 0 fully saturated rings. The minimum Gasteiger partial charge on any atom is -0.292 e. The van der Waals surface area contributed by atoms with Crippen molar-refractivity contribution in [1.82, 2.24) is 9.55 Å². The number of aromatic nitrogens is 2. The van der Waals surface area contributed by atoms with Gasteiger partial charge in [0.15, 0.2) is 0 Å². The van der Waals surface area contributed by atoms with Gasteiger partial charge in [0.1, 0.15) is 10.7 Å². The minimum absolute atomic E-state index is 0.0295. The third kappa shape index (κ3) is 3.32. The normalized spacial score (nSPS) is 11.0. The Labute approximate surface area is 165 Å². The Kier molecular flexibility index (Phi) is 4.88. The van der Waals surface area contributed by atoms with Crippen LogP contribution in [-0.4, -0.2) is 9.55 Å². The van der Waals surface area contributed by atoms with Crippen molar-refractivity contribution < 1.29 is 0 Å². The summed E-state index contributed by atoms with van der Waals surface area (Å²) in [6, 6.07) is 14.2. The number of thiophene rings is 2. The van der Waals surface area contributed by atoms with E-state index in [9.17, 15) is 4.79 Å². The van der Waals surface area contributed by atoms with Crippen LogP contribution in [0, 0.1) is 18.3 Å². The van der Waals surface area contributed by atoms with E-state index in [4.69, 9.17) is 10.2 Å². The van der Waals surface area contributed by atoms with Crippen LogP contribution in [0.1, 0.15) is 18.4 Å². The fourth-order valence-corrected chi connectivity index (χ4v) is 4.84. The van der Waals surface area contributed by atoms with Crippen LogP contribution >= 0.6 is 22.7 Å². The molecule has 0 bridgehead atoms. The van der Waals surface area contributed by atoms with E-state index in [1.165, 1.54) is 11.3 Å². The summed E-state index contributed by atoms with van der Waals surface area (Å²) >= 11 is 3.13. The molecule has 3 heterocycles. The molecule has 0 atom stereocenters. The highest BCUT2D eigenvalue weighted by Crippen LogP contribution is 2.34. The first-order chi connectivity index (χ1) is 13.2. The number of hydrogen-bond acceptors (Lipinski definition) is 5. The van der Waals surface area contributed by atoms with Crippen LogP contribution in [0.5, 0.6) is 0 Å². The second kappa shape index (κ2) is 7.47. The first-order valence-corrected chi connectivity index (χ1v) is 10.4. The first-order valence-electron chi connectivity index (χ1n) is 8.69. The van der Waals surface area contributed by atoms with E-state index in [1.807, 2.05) is 54.1 Å². The lowest BCUT2D eigenvalue weighted by molar-refractivity contribution is 0.634. The number of nitrogens with zero attached hydrogens (tertiary/aromatic N) is 3. The monoisotopic (exact) mass is 391 g/mol. The van der Waals surface area contributed by atoms with Crippen LogP contribution in [0.3, 0.4) is 0 Å². The molecule has 3 aromatic heterocycles. The molecule has 0 N–H and O–H groups in total. The van der Waals surface area contributed by atoms with Gasteiger partial charge in [-0.2, -0.15) is 5.26 Å². The van der Waals surface area contributed by atoms with Crippen LogP contribution in [-0.2, 0) is 6.54 Å². The molecule has 4 rings (SSSR count). The molecular weight excluding hydrogens is 374 g/mol. The smallest absolute Gasteiger partial charge is 0.263 e. The fraction of sp³-hybridized carbons (Fsp3) is 0.190. The van der Waals surface area contributed by atoms with Crippen molar-refractivity contribution in [3.8, 4) is 27.9 Å². The Balaban J connectivity index is 1.94. The molecule has 27 heavy (non-hydrogen) atoms. The zero-order chi connectivity index (χ0) is 18.8. The van der Waals surface area contributed by atoms with Gasteiger partial charge in [0.05, 0.1) is 11.5 Å². The van der Waals surface area contributed by atoms with Gasteiger partial charge in [-0.15, -0.1) is 22.7 Å². The molecule has 0 saturated heterocycles. The number of benzene rings is 1. The molecule has 0 unspecified atom stereocenters. The van der Waals surface area contributed by atoms with Gasteiger partial charge < -0.3 is 0 Å². The molecular formula is C21H17N3OS2. The predicted octanol–water partition coefficient (Wildman–Crippen LogP) is 5.47. The van der Waals surface area contributed by atoms with Gasteiger partial charge in [-0.25, -0.2) is 4.98 Å². The molecule has 0 aliphatic rings. The maximum Gasteiger partial charge on any atom is 0.263 e. The first kappa shape index (κ1) is 17.7. The van der Waals surface area contributed by atoms with Gasteiger partial charge in [0.2, 0.25) is 0 Å². The van der Waals surface area contributed by atoms with E-state index in [-0.39, 0.29) is 5.56 Å². The van der Waals surface area contributed by atoms with Crippen molar-refractivity contribution in [2.24, 2.45) is 0 Å². The number of fused-ring (bicyclic) bond motifs is 1. The average molecular weight is 392 g/mol. The quantitative estimate of drug-likeness (QED) is 0.424. The highest BCUT2D eigenvalue weighted by atomic mass is 32.1. The molecule has 0 amide bonds. The Morgan fingerprint density at radius 2 is 2.00 bits per heavy atom. The maximum absolute atomic E-state index is 13.4. The van der Waals surface area contributed by atoms with Crippen LogP contribution in [0.2, 0.25) is 0 Å². The second-order valence-corrected chi connectivity index (χ2v) is 8.13. The summed E-state index contributed by atoms with van der Waals surface area (Å²) < 4.78 is 1.73. The predicted molar refractivity (Wildman–Crippen MR) is 112 cm³/mol. The van der Waals surface area contributed by atoms with Gasteiger partial charge in [-0.05, 0) is 24.8 Å². The van der Waals surface area contributed by atoms with Gasteiger partial charge in [0.25, 0.3) is 5.56 Å². The van der Waals surface area contributed by atoms with Crippen LogP contribution in [0.4, 0.5) is 0 Å². The number of nitriles is 1. The molecule has 134 valence electrons. The maximum atomic E-state index is 13.4. The van der Waals surface area contributed by atoms with Gasteiger partial charge >= 0.3 is 0 Å². The molecule has 0 radical (unpaired) electrons. The van der Waals surface area contributed by atoms with Crippen LogP contribution < -0.4 is 5.56 Å². The highest BCUT2D eigenvalue weighted by molar-refractivity contribution is 7.18. The lowest BCUT2D eigenvalue weighted by Gasteiger charge is -2.12. The summed E-state index contributed by atoms with van der Waals surface area (Å²) in [5.41, 5.74) is 3.00. The van der Waals surface area contributed by atoms with E-state index in [2.05, 4.69) is 6.07 Å². The summed E-state index contributed by atoms with van der Waals surface area (Å²) in [4.78, 5) is 20.1. The van der Waals surface area contributed by atoms with Gasteiger partial charge in [-0.3, -0.25) is 9.36 Å². The van der Waals surface area contributed by atoms with E-state index < -0.39 is 0 Å². The second-order valence-electron chi connectivity index (χ2n) is 6.33. The molecule has 6 heteroatoms. The van der Waals surface area contributed by atoms with E-state index in [0.29, 0.717) is 30.6 Å². The third-order valence-electron chi connectivity index (χ3n) is 4.46. The summed E-state index contributed by atoms with van der Waals surface area (Å²) in [5, 5.41) is 13.6. The van der Waals surface area contributed by atoms with Crippen molar-refractivity contribution >= 4 is 32.9 Å².